The maximum atomic E-state index is 5.81. The van der Waals surface area contributed by atoms with Crippen LogP contribution in [0.5, 0.6) is 0 Å². The first-order chi connectivity index (χ1) is 7.33. The number of ether oxygens (including phenoxy) is 1. The van der Waals surface area contributed by atoms with Crippen molar-refractivity contribution in [1.82, 2.24) is 10.3 Å². The maximum absolute atomic E-state index is 5.81. The van der Waals surface area contributed by atoms with Gasteiger partial charge in [0.05, 0.1) is 12.7 Å². The zero-order chi connectivity index (χ0) is 10.7. The number of hydrogen-bond acceptors (Lipinski definition) is 4. The Morgan fingerprint density at radius 1 is 1.53 bits per heavy atom. The van der Waals surface area contributed by atoms with E-state index in [0.29, 0.717) is 6.04 Å². The molecule has 2 rings (SSSR count). The molecule has 4 heteroatoms. The maximum Gasteiger partial charge on any atom is 0.0868 e. The monoisotopic (exact) mass is 213 g/mol. The smallest absolute Gasteiger partial charge is 0.0868 e. The van der Waals surface area contributed by atoms with E-state index in [4.69, 9.17) is 10.6 Å². The molecule has 2 aliphatic rings. The van der Waals surface area contributed by atoms with Crippen molar-refractivity contribution >= 4 is 0 Å². The molecule has 0 amide bonds. The number of rotatable bonds is 5. The third-order valence-electron chi connectivity index (χ3n) is 3.57. The van der Waals surface area contributed by atoms with E-state index in [9.17, 15) is 0 Å². The predicted molar refractivity (Wildman–Crippen MR) is 60.3 cm³/mol. The minimum Gasteiger partial charge on any atom is -0.374 e. The lowest BCUT2D eigenvalue weighted by Gasteiger charge is -2.36. The average molecular weight is 213 g/mol. The highest BCUT2D eigenvalue weighted by Crippen LogP contribution is 2.34. The lowest BCUT2D eigenvalue weighted by Crippen LogP contribution is -2.54. The van der Waals surface area contributed by atoms with Crippen LogP contribution >= 0.6 is 0 Å². The molecule has 1 heterocycles. The Morgan fingerprint density at radius 2 is 2.33 bits per heavy atom. The summed E-state index contributed by atoms with van der Waals surface area (Å²) in [5.74, 6) is 6.51. The van der Waals surface area contributed by atoms with Gasteiger partial charge in [0.15, 0.2) is 0 Å². The van der Waals surface area contributed by atoms with Crippen molar-refractivity contribution in [3.05, 3.63) is 0 Å². The number of nitrogens with two attached hydrogens (primary N) is 1. The van der Waals surface area contributed by atoms with Crippen LogP contribution in [0.2, 0.25) is 0 Å². The molecule has 1 aliphatic heterocycles. The van der Waals surface area contributed by atoms with Crippen molar-refractivity contribution in [2.45, 2.75) is 38.3 Å². The van der Waals surface area contributed by atoms with Crippen molar-refractivity contribution in [3.63, 3.8) is 0 Å². The molecule has 1 saturated heterocycles. The van der Waals surface area contributed by atoms with Crippen LogP contribution in [-0.4, -0.2) is 43.3 Å². The van der Waals surface area contributed by atoms with E-state index in [1.807, 2.05) is 0 Å². The van der Waals surface area contributed by atoms with E-state index in [2.05, 4.69) is 17.2 Å². The molecule has 0 bridgehead atoms. The van der Waals surface area contributed by atoms with Gasteiger partial charge in [-0.15, -0.1) is 0 Å². The largest absolute Gasteiger partial charge is 0.374 e. The summed E-state index contributed by atoms with van der Waals surface area (Å²) in [6.45, 7) is 6.25. The Morgan fingerprint density at radius 3 is 2.93 bits per heavy atom. The number of morpholine rings is 1. The number of hydrazine groups is 1. The summed E-state index contributed by atoms with van der Waals surface area (Å²) in [5.41, 5.74) is 2.94. The third-order valence-corrected chi connectivity index (χ3v) is 3.57. The van der Waals surface area contributed by atoms with Crippen LogP contribution in [0.25, 0.3) is 0 Å². The summed E-state index contributed by atoms with van der Waals surface area (Å²) < 4.78 is 5.81. The molecule has 2 fully saturated rings. The number of hydrogen-bond donors (Lipinski definition) is 2. The highest BCUT2D eigenvalue weighted by atomic mass is 16.5. The highest BCUT2D eigenvalue weighted by molar-refractivity contribution is 4.87. The first-order valence-corrected chi connectivity index (χ1v) is 6.13. The summed E-state index contributed by atoms with van der Waals surface area (Å²) in [7, 11) is 0. The molecule has 15 heavy (non-hydrogen) atoms. The van der Waals surface area contributed by atoms with Gasteiger partial charge in [0.1, 0.15) is 0 Å². The van der Waals surface area contributed by atoms with Crippen molar-refractivity contribution in [2.24, 2.45) is 11.8 Å². The molecule has 0 aromatic heterocycles. The molecule has 1 saturated carbocycles. The molecule has 0 aromatic rings. The average Bonchev–Trinajstić information content (AvgIpc) is 3.10. The lowest BCUT2D eigenvalue weighted by molar-refractivity contribution is -0.0470. The van der Waals surface area contributed by atoms with E-state index in [0.717, 1.165) is 32.2 Å². The normalized spacial score (nSPS) is 30.4. The van der Waals surface area contributed by atoms with Crippen LogP contribution < -0.4 is 11.3 Å². The van der Waals surface area contributed by atoms with Crippen molar-refractivity contribution in [2.75, 3.05) is 26.2 Å². The van der Waals surface area contributed by atoms with Gasteiger partial charge in [-0.25, -0.2) is 0 Å². The molecule has 3 N–H and O–H groups in total. The Bertz CT molecular complexity index is 196. The van der Waals surface area contributed by atoms with E-state index >= 15 is 0 Å². The van der Waals surface area contributed by atoms with Crippen LogP contribution in [0.1, 0.15) is 26.2 Å². The molecule has 1 aliphatic carbocycles. The van der Waals surface area contributed by atoms with Gasteiger partial charge in [-0.2, -0.15) is 0 Å². The van der Waals surface area contributed by atoms with Gasteiger partial charge in [0.25, 0.3) is 0 Å². The number of nitrogens with one attached hydrogen (secondary N) is 1. The lowest BCUT2D eigenvalue weighted by atomic mass is 10.0. The fourth-order valence-corrected chi connectivity index (χ4v) is 2.30. The number of nitrogens with zero attached hydrogens (tertiary/aromatic N) is 1. The second-order valence-corrected chi connectivity index (χ2v) is 4.75. The molecule has 0 radical (unpaired) electrons. The van der Waals surface area contributed by atoms with Crippen LogP contribution in [-0.2, 0) is 4.74 Å². The minimum absolute atomic E-state index is 0.282. The fraction of sp³-hybridized carbons (Fsp3) is 1.00. The van der Waals surface area contributed by atoms with E-state index in [1.54, 1.807) is 0 Å². The van der Waals surface area contributed by atoms with Crippen LogP contribution in [0.15, 0.2) is 0 Å². The molecule has 2 atom stereocenters. The Hall–Kier alpha value is -0.160. The zero-order valence-corrected chi connectivity index (χ0v) is 9.61. The van der Waals surface area contributed by atoms with Crippen LogP contribution in [0.3, 0.4) is 0 Å². The topological polar surface area (TPSA) is 50.5 Å². The Kier molecular flexibility index (Phi) is 3.97. The van der Waals surface area contributed by atoms with Crippen molar-refractivity contribution < 1.29 is 4.74 Å². The molecular formula is C11H23N3O. The van der Waals surface area contributed by atoms with Crippen molar-refractivity contribution in [1.29, 1.82) is 0 Å². The molecule has 2 unspecified atom stereocenters. The van der Waals surface area contributed by atoms with Gasteiger partial charge in [0, 0.05) is 19.1 Å². The van der Waals surface area contributed by atoms with E-state index in [1.165, 1.54) is 19.3 Å². The predicted octanol–water partition coefficient (Wildman–Crippen LogP) is 0.339. The zero-order valence-electron chi connectivity index (χ0n) is 9.61. The van der Waals surface area contributed by atoms with Gasteiger partial charge in [-0.3, -0.25) is 16.2 Å². The SMILES string of the molecule is CCN1CCOC(C(CC2CC2)NN)C1. The standard InChI is InChI=1S/C11H23N3O/c1-2-14-5-6-15-11(8-14)10(13-12)7-9-3-4-9/h9-11,13H,2-8,12H2,1H3. The summed E-state index contributed by atoms with van der Waals surface area (Å²) in [4.78, 5) is 2.44. The highest BCUT2D eigenvalue weighted by Gasteiger charge is 2.32. The third kappa shape index (κ3) is 3.14. The Labute approximate surface area is 92.1 Å². The summed E-state index contributed by atoms with van der Waals surface area (Å²) >= 11 is 0. The van der Waals surface area contributed by atoms with Gasteiger partial charge in [0.2, 0.25) is 0 Å². The van der Waals surface area contributed by atoms with E-state index < -0.39 is 0 Å². The number of likely N-dealkylation sites (N-methyl/N-ethyl adjacent to an activating group) is 1. The quantitative estimate of drug-likeness (QED) is 0.511. The first-order valence-electron chi connectivity index (χ1n) is 6.13. The molecular weight excluding hydrogens is 190 g/mol. The Balaban J connectivity index is 1.82. The van der Waals surface area contributed by atoms with Gasteiger partial charge < -0.3 is 4.74 Å². The fourth-order valence-electron chi connectivity index (χ4n) is 2.30. The van der Waals surface area contributed by atoms with Crippen LogP contribution in [0, 0.1) is 5.92 Å². The van der Waals surface area contributed by atoms with Gasteiger partial charge >= 0.3 is 0 Å². The second kappa shape index (κ2) is 5.25. The first kappa shape index (κ1) is 11.3. The second-order valence-electron chi connectivity index (χ2n) is 4.75. The minimum atomic E-state index is 0.282. The van der Waals surface area contributed by atoms with Gasteiger partial charge in [-0.05, 0) is 18.9 Å². The van der Waals surface area contributed by atoms with Crippen LogP contribution in [0.4, 0.5) is 0 Å². The molecule has 0 spiro atoms. The molecule has 88 valence electrons. The van der Waals surface area contributed by atoms with E-state index in [-0.39, 0.29) is 6.10 Å². The summed E-state index contributed by atoms with van der Waals surface area (Å²) in [6.07, 6.45) is 4.22. The molecule has 4 nitrogen and oxygen atoms in total. The molecule has 0 aromatic carbocycles. The summed E-state index contributed by atoms with van der Waals surface area (Å²) in [6, 6.07) is 0.340. The van der Waals surface area contributed by atoms with Crippen molar-refractivity contribution in [3.8, 4) is 0 Å². The summed E-state index contributed by atoms with van der Waals surface area (Å²) in [5, 5.41) is 0. The van der Waals surface area contributed by atoms with Gasteiger partial charge in [-0.1, -0.05) is 19.8 Å².